The molecule has 2 N–H and O–H groups in total. The first kappa shape index (κ1) is 14.2. The van der Waals surface area contributed by atoms with Crippen LogP contribution in [0.25, 0.3) is 0 Å². The van der Waals surface area contributed by atoms with E-state index in [-0.39, 0.29) is 5.75 Å². The largest absolute Gasteiger partial charge is 0.480 e. The fourth-order valence-corrected chi connectivity index (χ4v) is 3.71. The van der Waals surface area contributed by atoms with Gasteiger partial charge in [0.05, 0.1) is 5.75 Å². The van der Waals surface area contributed by atoms with Crippen LogP contribution in [0.15, 0.2) is 0 Å². The Bertz CT molecular complexity index is 313. The molecule has 6 heteroatoms. The predicted octanol–water partition coefficient (Wildman–Crippen LogP) is 0.515. The number of carbonyl (C=O) groups is 2. The number of amides is 1. The Morgan fingerprint density at radius 3 is 2.47 bits per heavy atom. The number of rotatable bonds is 6. The van der Waals surface area contributed by atoms with Gasteiger partial charge in [-0.25, -0.2) is 4.79 Å². The molecule has 1 unspecified atom stereocenters. The highest BCUT2D eigenvalue weighted by Crippen LogP contribution is 2.25. The third kappa shape index (κ3) is 5.30. The minimum Gasteiger partial charge on any atom is -0.480 e. The van der Waals surface area contributed by atoms with Crippen molar-refractivity contribution in [2.24, 2.45) is 5.92 Å². The lowest BCUT2D eigenvalue weighted by Crippen LogP contribution is -2.43. The minimum atomic E-state index is -1.17. The summed E-state index contributed by atoms with van der Waals surface area (Å²) in [6, 6.07) is -1.03. The molecule has 1 aliphatic rings. The van der Waals surface area contributed by atoms with Crippen LogP contribution in [0.4, 0.5) is 0 Å². The van der Waals surface area contributed by atoms with Gasteiger partial charge in [-0.05, 0) is 18.8 Å². The molecule has 0 heterocycles. The molecule has 0 aromatic carbocycles. The second-order valence-electron chi connectivity index (χ2n) is 4.51. The van der Waals surface area contributed by atoms with Crippen molar-refractivity contribution in [1.82, 2.24) is 5.32 Å². The summed E-state index contributed by atoms with van der Waals surface area (Å²) in [6.45, 7) is 1.26. The molecule has 0 aromatic heterocycles. The van der Waals surface area contributed by atoms with Crippen molar-refractivity contribution in [2.75, 3.05) is 11.5 Å². The summed E-state index contributed by atoms with van der Waals surface area (Å²) in [5.41, 5.74) is 0. The first-order valence-electron chi connectivity index (χ1n) is 5.84. The van der Waals surface area contributed by atoms with E-state index in [1.165, 1.54) is 19.8 Å². The van der Waals surface area contributed by atoms with E-state index in [2.05, 4.69) is 5.32 Å². The van der Waals surface area contributed by atoms with Crippen molar-refractivity contribution in [1.29, 1.82) is 0 Å². The van der Waals surface area contributed by atoms with Gasteiger partial charge in [0.25, 0.3) is 0 Å². The van der Waals surface area contributed by atoms with Crippen LogP contribution in [-0.2, 0) is 20.4 Å². The Morgan fingerprint density at radius 1 is 1.41 bits per heavy atom. The zero-order valence-corrected chi connectivity index (χ0v) is 10.8. The molecule has 1 saturated carbocycles. The fourth-order valence-electron chi connectivity index (χ4n) is 2.11. The van der Waals surface area contributed by atoms with Crippen molar-refractivity contribution in [3.63, 3.8) is 0 Å². The lowest BCUT2D eigenvalue weighted by Gasteiger charge is -2.14. The second kappa shape index (κ2) is 6.74. The first-order valence-corrected chi connectivity index (χ1v) is 7.32. The molecule has 5 nitrogen and oxygen atoms in total. The summed E-state index contributed by atoms with van der Waals surface area (Å²) >= 11 is 0. The lowest BCUT2D eigenvalue weighted by atomic mass is 10.1. The van der Waals surface area contributed by atoms with Crippen LogP contribution in [0.5, 0.6) is 0 Å². The maximum atomic E-state index is 11.8. The summed E-state index contributed by atoms with van der Waals surface area (Å²) < 4.78 is 11.8. The van der Waals surface area contributed by atoms with E-state index in [0.717, 1.165) is 12.8 Å². The Hall–Kier alpha value is -0.910. The van der Waals surface area contributed by atoms with Gasteiger partial charge in [-0.3, -0.25) is 9.00 Å². The third-order valence-corrected chi connectivity index (χ3v) is 4.47. The number of carboxylic acid groups (broad SMARTS) is 1. The van der Waals surface area contributed by atoms with Gasteiger partial charge in [0.2, 0.25) is 5.91 Å². The van der Waals surface area contributed by atoms with Crippen molar-refractivity contribution >= 4 is 22.7 Å². The highest BCUT2D eigenvalue weighted by molar-refractivity contribution is 7.85. The van der Waals surface area contributed by atoms with Gasteiger partial charge in [-0.2, -0.15) is 0 Å². The fraction of sp³-hybridized carbons (Fsp3) is 0.818. The number of carboxylic acids is 1. The van der Waals surface area contributed by atoms with Gasteiger partial charge in [-0.1, -0.05) is 12.8 Å². The second-order valence-corrected chi connectivity index (χ2v) is 6.06. The van der Waals surface area contributed by atoms with Crippen molar-refractivity contribution in [3.05, 3.63) is 0 Å². The predicted molar refractivity (Wildman–Crippen MR) is 65.1 cm³/mol. The molecule has 1 fully saturated rings. The van der Waals surface area contributed by atoms with Crippen LogP contribution in [0.2, 0.25) is 0 Å². The minimum absolute atomic E-state index is 0.00537. The van der Waals surface area contributed by atoms with Crippen molar-refractivity contribution < 1.29 is 18.9 Å². The molecule has 1 aliphatic carbocycles. The van der Waals surface area contributed by atoms with Crippen molar-refractivity contribution in [3.8, 4) is 0 Å². The Balaban J connectivity index is 2.40. The van der Waals surface area contributed by atoms with E-state index in [1.54, 1.807) is 0 Å². The van der Waals surface area contributed by atoms with E-state index < -0.39 is 28.7 Å². The molecule has 98 valence electrons. The molecule has 0 bridgehead atoms. The average Bonchev–Trinajstić information content (AvgIpc) is 2.68. The van der Waals surface area contributed by atoms with Gasteiger partial charge in [0.15, 0.2) is 0 Å². The Morgan fingerprint density at radius 2 is 2.00 bits per heavy atom. The van der Waals surface area contributed by atoms with Crippen LogP contribution in [0.1, 0.15) is 32.6 Å². The molecule has 1 amide bonds. The summed E-state index contributed by atoms with van der Waals surface area (Å²) in [7, 11) is -1.17. The normalized spacial score (nSPS) is 19.8. The van der Waals surface area contributed by atoms with Crippen LogP contribution >= 0.6 is 0 Å². The summed E-state index contributed by atoms with van der Waals surface area (Å²) in [5.74, 6) is -0.507. The van der Waals surface area contributed by atoms with E-state index in [4.69, 9.17) is 5.11 Å². The molecular formula is C11H19NO4S. The Labute approximate surface area is 103 Å². The molecule has 0 radical (unpaired) electrons. The molecular weight excluding hydrogens is 242 g/mol. The third-order valence-electron chi connectivity index (χ3n) is 2.92. The summed E-state index contributed by atoms with van der Waals surface area (Å²) in [6.07, 6.45) is 4.53. The SMILES string of the molecule is CC(=O)N[C@@H](CS(=O)CC1CCCC1)C(=O)O. The molecule has 0 aromatic rings. The standard InChI is InChI=1S/C11H19NO4S/c1-8(13)12-10(11(14)15)7-17(16)6-9-4-2-3-5-9/h9-10H,2-7H2,1H3,(H,12,13)(H,14,15)/t10-,17?/m0/s1. The van der Waals surface area contributed by atoms with Gasteiger partial charge in [0.1, 0.15) is 6.04 Å². The molecule has 0 spiro atoms. The van der Waals surface area contributed by atoms with E-state index in [1.807, 2.05) is 0 Å². The highest BCUT2D eigenvalue weighted by atomic mass is 32.2. The molecule has 0 saturated heterocycles. The number of hydrogen-bond acceptors (Lipinski definition) is 3. The van der Waals surface area contributed by atoms with Crippen LogP contribution in [0.3, 0.4) is 0 Å². The zero-order valence-electron chi connectivity index (χ0n) is 9.98. The zero-order chi connectivity index (χ0) is 12.8. The summed E-state index contributed by atoms with van der Waals surface area (Å²) in [4.78, 5) is 21.7. The van der Waals surface area contributed by atoms with Crippen LogP contribution < -0.4 is 5.32 Å². The monoisotopic (exact) mass is 261 g/mol. The molecule has 2 atom stereocenters. The van der Waals surface area contributed by atoms with E-state index in [9.17, 15) is 13.8 Å². The molecule has 1 rings (SSSR count). The summed E-state index contributed by atoms with van der Waals surface area (Å²) in [5, 5.41) is 11.2. The number of nitrogens with one attached hydrogen (secondary N) is 1. The maximum absolute atomic E-state index is 11.8. The quantitative estimate of drug-likeness (QED) is 0.730. The lowest BCUT2D eigenvalue weighted by molar-refractivity contribution is -0.140. The smallest absolute Gasteiger partial charge is 0.327 e. The van der Waals surface area contributed by atoms with Gasteiger partial charge in [-0.15, -0.1) is 0 Å². The number of hydrogen-bond donors (Lipinski definition) is 2. The number of aliphatic carboxylic acids is 1. The topological polar surface area (TPSA) is 83.5 Å². The maximum Gasteiger partial charge on any atom is 0.327 e. The van der Waals surface area contributed by atoms with Crippen molar-refractivity contribution in [2.45, 2.75) is 38.6 Å². The highest BCUT2D eigenvalue weighted by Gasteiger charge is 2.24. The van der Waals surface area contributed by atoms with Crippen LogP contribution in [-0.4, -0.2) is 38.7 Å². The van der Waals surface area contributed by atoms with E-state index >= 15 is 0 Å². The molecule has 0 aliphatic heterocycles. The van der Waals surface area contributed by atoms with Gasteiger partial charge in [0, 0.05) is 23.5 Å². The first-order chi connectivity index (χ1) is 7.99. The average molecular weight is 261 g/mol. The number of carbonyl (C=O) groups excluding carboxylic acids is 1. The van der Waals surface area contributed by atoms with E-state index in [0.29, 0.717) is 11.7 Å². The van der Waals surface area contributed by atoms with Gasteiger partial charge < -0.3 is 10.4 Å². The van der Waals surface area contributed by atoms with Crippen LogP contribution in [0, 0.1) is 5.92 Å². The Kier molecular flexibility index (Phi) is 5.61. The molecule has 17 heavy (non-hydrogen) atoms. The van der Waals surface area contributed by atoms with Gasteiger partial charge >= 0.3 is 5.97 Å².